The van der Waals surface area contributed by atoms with Crippen molar-refractivity contribution in [1.29, 1.82) is 0 Å². The number of benzene rings is 2. The highest BCUT2D eigenvalue weighted by Gasteiger charge is 2.22. The smallest absolute Gasteiger partial charge is 0.338 e. The molecule has 0 spiro atoms. The summed E-state index contributed by atoms with van der Waals surface area (Å²) in [6.45, 7) is 2.12. The van der Waals surface area contributed by atoms with Gasteiger partial charge in [0.1, 0.15) is 12.4 Å². The minimum Gasteiger partial charge on any atom is -0.496 e. The van der Waals surface area contributed by atoms with Crippen molar-refractivity contribution in [3.05, 3.63) is 59.2 Å². The molecule has 140 valence electrons. The van der Waals surface area contributed by atoms with Crippen LogP contribution in [-0.4, -0.2) is 31.3 Å². The van der Waals surface area contributed by atoms with E-state index in [2.05, 4.69) is 0 Å². The molecule has 1 amide bonds. The summed E-state index contributed by atoms with van der Waals surface area (Å²) in [6, 6.07) is 11.9. The highest BCUT2D eigenvalue weighted by Crippen LogP contribution is 2.24. The zero-order chi connectivity index (χ0) is 19.4. The van der Waals surface area contributed by atoms with Gasteiger partial charge in [0.25, 0.3) is 0 Å². The van der Waals surface area contributed by atoms with Crippen LogP contribution in [0.5, 0.6) is 5.75 Å². The van der Waals surface area contributed by atoms with E-state index in [-0.39, 0.29) is 18.3 Å². The summed E-state index contributed by atoms with van der Waals surface area (Å²) in [5.74, 6) is 0.0301. The molecule has 1 heterocycles. The lowest BCUT2D eigenvalue weighted by atomic mass is 10.1. The molecule has 0 unspecified atom stereocenters. The summed E-state index contributed by atoms with van der Waals surface area (Å²) >= 11 is 0. The predicted molar refractivity (Wildman–Crippen MR) is 100 cm³/mol. The molecule has 6 nitrogen and oxygen atoms in total. The van der Waals surface area contributed by atoms with Gasteiger partial charge in [0.2, 0.25) is 5.91 Å². The lowest BCUT2D eigenvalue weighted by Gasteiger charge is -2.16. The molecule has 0 radical (unpaired) electrons. The Balaban J connectivity index is 1.74. The van der Waals surface area contributed by atoms with Gasteiger partial charge in [-0.15, -0.1) is 0 Å². The summed E-state index contributed by atoms with van der Waals surface area (Å²) in [5, 5.41) is 0. The lowest BCUT2D eigenvalue weighted by molar-refractivity contribution is -0.117. The molecule has 6 heteroatoms. The second kappa shape index (κ2) is 8.03. The number of hydrogen-bond donors (Lipinski definition) is 0. The first-order chi connectivity index (χ1) is 13.0. The third-order valence-electron chi connectivity index (χ3n) is 4.51. The molecular formula is C21H21NO5. The van der Waals surface area contributed by atoms with Crippen LogP contribution in [0.1, 0.15) is 46.0 Å². The summed E-state index contributed by atoms with van der Waals surface area (Å²) in [6.07, 6.45) is 1.35. The fourth-order valence-electron chi connectivity index (χ4n) is 3.06. The number of nitrogens with zero attached hydrogens (tertiary/aromatic N) is 1. The van der Waals surface area contributed by atoms with Crippen molar-refractivity contribution in [3.63, 3.8) is 0 Å². The number of anilines is 1. The van der Waals surface area contributed by atoms with Crippen LogP contribution in [0.25, 0.3) is 0 Å². The number of ketones is 1. The summed E-state index contributed by atoms with van der Waals surface area (Å²) < 4.78 is 10.7. The first kappa shape index (κ1) is 18.6. The zero-order valence-corrected chi connectivity index (χ0v) is 15.4. The van der Waals surface area contributed by atoms with E-state index in [9.17, 15) is 14.4 Å². The molecule has 1 aliphatic heterocycles. The third kappa shape index (κ3) is 4.16. The van der Waals surface area contributed by atoms with Crippen LogP contribution in [0.3, 0.4) is 0 Å². The molecule has 2 aromatic rings. The number of ether oxygens (including phenoxy) is 2. The molecule has 1 fully saturated rings. The molecule has 2 aromatic carbocycles. The highest BCUT2D eigenvalue weighted by atomic mass is 16.5. The van der Waals surface area contributed by atoms with Gasteiger partial charge in [-0.25, -0.2) is 4.79 Å². The summed E-state index contributed by atoms with van der Waals surface area (Å²) in [7, 11) is 1.52. The molecule has 1 aliphatic rings. The van der Waals surface area contributed by atoms with Crippen molar-refractivity contribution in [2.45, 2.75) is 26.4 Å². The molecular weight excluding hydrogens is 346 g/mol. The number of rotatable bonds is 6. The molecule has 0 N–H and O–H groups in total. The monoisotopic (exact) mass is 367 g/mol. The SMILES string of the molecule is COc1ccc(C(C)=O)cc1COC(=O)c1cccc(N2CCCC2=O)c1. The van der Waals surface area contributed by atoms with E-state index >= 15 is 0 Å². The Bertz CT molecular complexity index is 890. The van der Waals surface area contributed by atoms with Gasteiger partial charge in [0.15, 0.2) is 5.78 Å². The van der Waals surface area contributed by atoms with Crippen LogP contribution < -0.4 is 9.64 Å². The Morgan fingerprint density at radius 2 is 1.93 bits per heavy atom. The van der Waals surface area contributed by atoms with E-state index in [1.165, 1.54) is 14.0 Å². The van der Waals surface area contributed by atoms with Gasteiger partial charge >= 0.3 is 5.97 Å². The second-order valence-electron chi connectivity index (χ2n) is 6.36. The number of amides is 1. The fourth-order valence-corrected chi connectivity index (χ4v) is 3.06. The fraction of sp³-hybridized carbons (Fsp3) is 0.286. The maximum Gasteiger partial charge on any atom is 0.338 e. The minimum absolute atomic E-state index is 0.0179. The van der Waals surface area contributed by atoms with Gasteiger partial charge in [0.05, 0.1) is 12.7 Å². The molecule has 0 saturated carbocycles. The van der Waals surface area contributed by atoms with Crippen molar-refractivity contribution in [3.8, 4) is 5.75 Å². The van der Waals surface area contributed by atoms with Crippen LogP contribution in [-0.2, 0) is 16.1 Å². The van der Waals surface area contributed by atoms with E-state index in [4.69, 9.17) is 9.47 Å². The molecule has 0 aliphatic carbocycles. The van der Waals surface area contributed by atoms with Gasteiger partial charge in [0, 0.05) is 29.8 Å². The topological polar surface area (TPSA) is 72.9 Å². The van der Waals surface area contributed by atoms with Crippen molar-refractivity contribution < 1.29 is 23.9 Å². The van der Waals surface area contributed by atoms with E-state index in [1.807, 2.05) is 0 Å². The van der Waals surface area contributed by atoms with Crippen LogP contribution in [0, 0.1) is 0 Å². The number of carbonyl (C=O) groups excluding carboxylic acids is 3. The average molecular weight is 367 g/mol. The number of Topliss-reactive ketones (excluding diaryl/α,β-unsaturated/α-hetero) is 1. The maximum absolute atomic E-state index is 12.5. The average Bonchev–Trinajstić information content (AvgIpc) is 3.11. The largest absolute Gasteiger partial charge is 0.496 e. The summed E-state index contributed by atoms with van der Waals surface area (Å²) in [4.78, 5) is 37.6. The second-order valence-corrected chi connectivity index (χ2v) is 6.36. The van der Waals surface area contributed by atoms with Crippen molar-refractivity contribution in [1.82, 2.24) is 0 Å². The van der Waals surface area contributed by atoms with E-state index < -0.39 is 5.97 Å². The van der Waals surface area contributed by atoms with Gasteiger partial charge in [-0.3, -0.25) is 9.59 Å². The Morgan fingerprint density at radius 3 is 2.59 bits per heavy atom. The van der Waals surface area contributed by atoms with E-state index in [0.29, 0.717) is 41.1 Å². The Kier molecular flexibility index (Phi) is 5.54. The molecule has 3 rings (SSSR count). The quantitative estimate of drug-likeness (QED) is 0.578. The van der Waals surface area contributed by atoms with Gasteiger partial charge in [-0.1, -0.05) is 6.07 Å². The highest BCUT2D eigenvalue weighted by molar-refractivity contribution is 5.97. The number of carbonyl (C=O) groups is 3. The van der Waals surface area contributed by atoms with Crippen LogP contribution in [0.15, 0.2) is 42.5 Å². The van der Waals surface area contributed by atoms with Crippen molar-refractivity contribution in [2.24, 2.45) is 0 Å². The van der Waals surface area contributed by atoms with Crippen LogP contribution >= 0.6 is 0 Å². The normalized spacial score (nSPS) is 13.6. The maximum atomic E-state index is 12.5. The van der Waals surface area contributed by atoms with E-state index in [1.54, 1.807) is 47.4 Å². The number of methoxy groups -OCH3 is 1. The van der Waals surface area contributed by atoms with Crippen molar-refractivity contribution in [2.75, 3.05) is 18.6 Å². The molecule has 0 atom stereocenters. The Hall–Kier alpha value is -3.15. The predicted octanol–water partition coefficient (Wildman–Crippen LogP) is 3.38. The molecule has 0 aromatic heterocycles. The summed E-state index contributed by atoms with van der Waals surface area (Å²) in [5.41, 5.74) is 2.21. The lowest BCUT2D eigenvalue weighted by Crippen LogP contribution is -2.23. The third-order valence-corrected chi connectivity index (χ3v) is 4.51. The zero-order valence-electron chi connectivity index (χ0n) is 15.4. The van der Waals surface area contributed by atoms with Gasteiger partial charge < -0.3 is 14.4 Å². The Morgan fingerprint density at radius 1 is 1.11 bits per heavy atom. The van der Waals surface area contributed by atoms with E-state index in [0.717, 1.165) is 6.42 Å². The molecule has 0 bridgehead atoms. The Labute approximate surface area is 157 Å². The number of hydrogen-bond acceptors (Lipinski definition) is 5. The van der Waals surface area contributed by atoms with Gasteiger partial charge in [-0.2, -0.15) is 0 Å². The number of esters is 1. The van der Waals surface area contributed by atoms with Crippen molar-refractivity contribution >= 4 is 23.3 Å². The van der Waals surface area contributed by atoms with Crippen LogP contribution in [0.4, 0.5) is 5.69 Å². The first-order valence-electron chi connectivity index (χ1n) is 8.75. The minimum atomic E-state index is -0.501. The molecule has 1 saturated heterocycles. The van der Waals surface area contributed by atoms with Crippen LogP contribution in [0.2, 0.25) is 0 Å². The first-order valence-corrected chi connectivity index (χ1v) is 8.75. The van der Waals surface area contributed by atoms with Gasteiger partial charge in [-0.05, 0) is 49.7 Å². The standard InChI is InChI=1S/C21H21NO5/c1-14(23)15-8-9-19(26-2)17(11-15)13-27-21(25)16-5-3-6-18(12-16)22-10-4-7-20(22)24/h3,5-6,8-9,11-12H,4,7,10,13H2,1-2H3. The molecule has 27 heavy (non-hydrogen) atoms.